The maximum Gasteiger partial charge on any atom is 0.278 e. The van der Waals surface area contributed by atoms with E-state index in [9.17, 15) is 9.59 Å². The van der Waals surface area contributed by atoms with E-state index in [1.54, 1.807) is 43.0 Å². The van der Waals surface area contributed by atoms with Crippen molar-refractivity contribution >= 4 is 17.4 Å². The van der Waals surface area contributed by atoms with Gasteiger partial charge in [0.1, 0.15) is 11.4 Å². The number of rotatable bonds is 5. The Bertz CT molecular complexity index is 961. The Kier molecular flexibility index (Phi) is 4.79. The Morgan fingerprint density at radius 3 is 2.42 bits per heavy atom. The zero-order valence-corrected chi connectivity index (χ0v) is 14.7. The molecule has 7 nitrogen and oxygen atoms in total. The predicted molar refractivity (Wildman–Crippen MR) is 97.0 cm³/mol. The molecule has 1 heterocycles. The lowest BCUT2D eigenvalue weighted by molar-refractivity contribution is 0.101. The highest BCUT2D eigenvalue weighted by Gasteiger charge is 2.19. The molecule has 0 radical (unpaired) electrons. The molecule has 3 aromatic rings. The summed E-state index contributed by atoms with van der Waals surface area (Å²) in [7, 11) is 1.57. The second-order valence-corrected chi connectivity index (χ2v) is 5.69. The average molecular weight is 350 g/mol. The van der Waals surface area contributed by atoms with Crippen molar-refractivity contribution in [2.24, 2.45) is 0 Å². The van der Waals surface area contributed by atoms with E-state index < -0.39 is 0 Å². The van der Waals surface area contributed by atoms with Gasteiger partial charge in [-0.15, -0.1) is 5.10 Å². The molecule has 0 fully saturated rings. The molecule has 0 saturated heterocycles. The Labute approximate surface area is 150 Å². The number of nitrogens with zero attached hydrogens (tertiary/aromatic N) is 3. The first-order chi connectivity index (χ1) is 12.5. The third kappa shape index (κ3) is 3.32. The Balaban J connectivity index is 1.85. The summed E-state index contributed by atoms with van der Waals surface area (Å²) < 4.78 is 6.90. The number of aromatic nitrogens is 3. The van der Waals surface area contributed by atoms with Crippen molar-refractivity contribution in [1.29, 1.82) is 0 Å². The summed E-state index contributed by atoms with van der Waals surface area (Å²) in [6.07, 6.45) is 0. The predicted octanol–water partition coefficient (Wildman–Crippen LogP) is 3.04. The van der Waals surface area contributed by atoms with Crippen molar-refractivity contribution in [2.45, 2.75) is 13.8 Å². The van der Waals surface area contributed by atoms with Crippen LogP contribution < -0.4 is 10.1 Å². The van der Waals surface area contributed by atoms with Crippen LogP contribution >= 0.6 is 0 Å². The van der Waals surface area contributed by atoms with Gasteiger partial charge in [-0.3, -0.25) is 9.59 Å². The minimum absolute atomic E-state index is 0.0292. The molecule has 1 amide bonds. The first-order valence-electron chi connectivity index (χ1n) is 7.99. The fraction of sp³-hybridized carbons (Fsp3) is 0.158. The largest absolute Gasteiger partial charge is 0.494 e. The highest BCUT2D eigenvalue weighted by atomic mass is 16.5. The van der Waals surface area contributed by atoms with E-state index in [1.807, 2.05) is 24.3 Å². The Morgan fingerprint density at radius 1 is 1.08 bits per heavy atom. The number of Topliss-reactive ketones (excluding diaryl/α,β-unsaturated/α-hetero) is 1. The van der Waals surface area contributed by atoms with Crippen LogP contribution in [0.15, 0.2) is 48.5 Å². The third-order valence-electron chi connectivity index (χ3n) is 3.97. The summed E-state index contributed by atoms with van der Waals surface area (Å²) >= 11 is 0. The van der Waals surface area contributed by atoms with Gasteiger partial charge in [-0.25, -0.2) is 4.68 Å². The van der Waals surface area contributed by atoms with Gasteiger partial charge >= 0.3 is 0 Å². The van der Waals surface area contributed by atoms with E-state index >= 15 is 0 Å². The van der Waals surface area contributed by atoms with Crippen molar-refractivity contribution in [2.75, 3.05) is 12.4 Å². The highest BCUT2D eigenvalue weighted by molar-refractivity contribution is 6.04. The lowest BCUT2D eigenvalue weighted by atomic mass is 10.1. The lowest BCUT2D eigenvalue weighted by Crippen LogP contribution is -2.14. The summed E-state index contributed by atoms with van der Waals surface area (Å²) in [5.74, 6) is 0.227. The van der Waals surface area contributed by atoms with Crippen LogP contribution in [0.25, 0.3) is 5.69 Å². The average Bonchev–Trinajstić information content (AvgIpc) is 3.03. The van der Waals surface area contributed by atoms with Crippen molar-refractivity contribution < 1.29 is 14.3 Å². The van der Waals surface area contributed by atoms with E-state index in [4.69, 9.17) is 4.74 Å². The van der Waals surface area contributed by atoms with Crippen LogP contribution in [0.2, 0.25) is 0 Å². The summed E-state index contributed by atoms with van der Waals surface area (Å²) in [5.41, 5.74) is 2.66. The van der Waals surface area contributed by atoms with E-state index in [0.717, 1.165) is 0 Å². The van der Waals surface area contributed by atoms with Gasteiger partial charge in [0.05, 0.1) is 12.8 Å². The van der Waals surface area contributed by atoms with Crippen LogP contribution in [0.5, 0.6) is 5.75 Å². The normalized spacial score (nSPS) is 10.4. The maximum absolute atomic E-state index is 12.5. The van der Waals surface area contributed by atoms with Crippen molar-refractivity contribution in [3.63, 3.8) is 0 Å². The number of ether oxygens (including phenoxy) is 1. The molecule has 0 unspecified atom stereocenters. The van der Waals surface area contributed by atoms with Gasteiger partial charge in [-0.05, 0) is 50.2 Å². The van der Waals surface area contributed by atoms with Crippen LogP contribution in [0.4, 0.5) is 5.69 Å². The number of amides is 1. The van der Waals surface area contributed by atoms with Gasteiger partial charge in [0.25, 0.3) is 5.91 Å². The van der Waals surface area contributed by atoms with Crippen LogP contribution in [0.1, 0.15) is 33.5 Å². The highest BCUT2D eigenvalue weighted by Crippen LogP contribution is 2.23. The molecule has 0 aliphatic rings. The summed E-state index contributed by atoms with van der Waals surface area (Å²) in [6, 6.07) is 14.0. The number of ketones is 1. The molecule has 3 rings (SSSR count). The SMILES string of the molecule is COc1ccccc1-n1nnc(C(=O)Nc2ccc(C(C)=O)cc2)c1C. The number of hydrogen-bond acceptors (Lipinski definition) is 5. The van der Waals surface area contributed by atoms with Crippen LogP contribution in [0, 0.1) is 6.92 Å². The number of anilines is 1. The van der Waals surface area contributed by atoms with Gasteiger partial charge in [0.2, 0.25) is 0 Å². The van der Waals surface area contributed by atoms with E-state index in [1.165, 1.54) is 6.92 Å². The molecule has 1 aromatic heterocycles. The number of carbonyl (C=O) groups excluding carboxylic acids is 2. The standard InChI is InChI=1S/C19H18N4O3/c1-12-18(19(25)20-15-10-8-14(9-11-15)13(2)24)21-22-23(12)16-6-4-5-7-17(16)26-3/h4-11H,1-3H3,(H,20,25). The van der Waals surface area contributed by atoms with Crippen molar-refractivity contribution in [3.05, 3.63) is 65.5 Å². The number of hydrogen-bond donors (Lipinski definition) is 1. The maximum atomic E-state index is 12.5. The van der Waals surface area contributed by atoms with Crippen molar-refractivity contribution in [1.82, 2.24) is 15.0 Å². The topological polar surface area (TPSA) is 86.1 Å². The second-order valence-electron chi connectivity index (χ2n) is 5.69. The molecule has 0 bridgehead atoms. The third-order valence-corrected chi connectivity index (χ3v) is 3.97. The van der Waals surface area contributed by atoms with Crippen LogP contribution in [-0.2, 0) is 0 Å². The first-order valence-corrected chi connectivity index (χ1v) is 7.99. The van der Waals surface area contributed by atoms with Gasteiger partial charge in [0, 0.05) is 11.3 Å². The molecule has 0 aliphatic heterocycles. The van der Waals surface area contributed by atoms with E-state index in [-0.39, 0.29) is 17.4 Å². The van der Waals surface area contributed by atoms with Crippen LogP contribution in [0.3, 0.4) is 0 Å². The first kappa shape index (κ1) is 17.3. The number of carbonyl (C=O) groups is 2. The zero-order chi connectivity index (χ0) is 18.7. The van der Waals surface area contributed by atoms with E-state index in [0.29, 0.717) is 28.4 Å². The number of para-hydroxylation sites is 2. The van der Waals surface area contributed by atoms with E-state index in [2.05, 4.69) is 15.6 Å². The second kappa shape index (κ2) is 7.18. The number of benzene rings is 2. The Hall–Kier alpha value is -3.48. The van der Waals surface area contributed by atoms with Gasteiger partial charge < -0.3 is 10.1 Å². The fourth-order valence-electron chi connectivity index (χ4n) is 2.55. The smallest absolute Gasteiger partial charge is 0.278 e. The minimum Gasteiger partial charge on any atom is -0.494 e. The summed E-state index contributed by atoms with van der Waals surface area (Å²) in [6.45, 7) is 3.26. The molecule has 26 heavy (non-hydrogen) atoms. The molecule has 0 atom stereocenters. The van der Waals surface area contributed by atoms with Gasteiger partial charge in [-0.1, -0.05) is 17.3 Å². The Morgan fingerprint density at radius 2 is 1.77 bits per heavy atom. The molecule has 132 valence electrons. The summed E-state index contributed by atoms with van der Waals surface area (Å²) in [5, 5.41) is 10.8. The summed E-state index contributed by atoms with van der Waals surface area (Å²) in [4.78, 5) is 23.8. The van der Waals surface area contributed by atoms with Gasteiger partial charge in [0.15, 0.2) is 11.5 Å². The molecular formula is C19H18N4O3. The van der Waals surface area contributed by atoms with Gasteiger partial charge in [-0.2, -0.15) is 0 Å². The fourth-order valence-corrected chi connectivity index (χ4v) is 2.55. The molecule has 1 N–H and O–H groups in total. The zero-order valence-electron chi connectivity index (χ0n) is 14.7. The monoisotopic (exact) mass is 350 g/mol. The quantitative estimate of drug-likeness (QED) is 0.715. The molecule has 0 spiro atoms. The number of nitrogens with one attached hydrogen (secondary N) is 1. The molecular weight excluding hydrogens is 332 g/mol. The number of methoxy groups -OCH3 is 1. The minimum atomic E-state index is -0.376. The lowest BCUT2D eigenvalue weighted by Gasteiger charge is -2.09. The molecule has 0 aliphatic carbocycles. The molecule has 0 saturated carbocycles. The molecule has 2 aromatic carbocycles. The van der Waals surface area contributed by atoms with Crippen LogP contribution in [-0.4, -0.2) is 33.8 Å². The molecule has 7 heteroatoms. The van der Waals surface area contributed by atoms with Crippen molar-refractivity contribution in [3.8, 4) is 11.4 Å².